The van der Waals surface area contributed by atoms with Crippen molar-refractivity contribution < 1.29 is 19.5 Å². The Kier molecular flexibility index (Phi) is 6.48. The van der Waals surface area contributed by atoms with Gasteiger partial charge in [0.15, 0.2) is 0 Å². The minimum atomic E-state index is -1.64. The van der Waals surface area contributed by atoms with Gasteiger partial charge in [-0.05, 0) is 37.8 Å². The molecule has 9 heteroatoms. The number of amides is 2. The highest BCUT2D eigenvalue weighted by molar-refractivity contribution is 6.09. The number of benzene rings is 1. The van der Waals surface area contributed by atoms with Crippen LogP contribution in [-0.2, 0) is 21.4 Å². The van der Waals surface area contributed by atoms with E-state index in [1.165, 1.54) is 9.58 Å². The Morgan fingerprint density at radius 1 is 1.14 bits per heavy atom. The number of carboxylic acid groups (broad SMARTS) is 1. The van der Waals surface area contributed by atoms with E-state index in [-0.39, 0.29) is 24.4 Å². The fourth-order valence-electron chi connectivity index (χ4n) is 5.91. The monoisotopic (exact) mass is 482 g/mol. The molecule has 35 heavy (non-hydrogen) atoms. The number of nitrogens with one attached hydrogen (secondary N) is 1. The third-order valence-electron chi connectivity index (χ3n) is 7.50. The first-order valence-electron chi connectivity index (χ1n) is 12.3. The zero-order valence-corrected chi connectivity index (χ0v) is 20.9. The summed E-state index contributed by atoms with van der Waals surface area (Å²) < 4.78 is 3.23. The Morgan fingerprint density at radius 2 is 1.80 bits per heavy atom. The zero-order valence-electron chi connectivity index (χ0n) is 20.9. The predicted octanol–water partition coefficient (Wildman–Crippen LogP) is 2.40. The smallest absolute Gasteiger partial charge is 0.324 e. The summed E-state index contributed by atoms with van der Waals surface area (Å²) in [6.45, 7) is 7.79. The molecule has 188 valence electrons. The maximum Gasteiger partial charge on any atom is 0.324 e. The minimum Gasteiger partial charge on any atom is -0.480 e. The number of rotatable bonds is 8. The molecule has 1 aromatic carbocycles. The van der Waals surface area contributed by atoms with Crippen molar-refractivity contribution in [3.8, 4) is 5.69 Å². The Balaban J connectivity index is 1.91. The van der Waals surface area contributed by atoms with E-state index in [2.05, 4.69) is 5.32 Å². The molecule has 2 N–H and O–H groups in total. The number of carbonyl (C=O) groups excluding carboxylic acids is 2. The molecular weight excluding hydrogens is 448 g/mol. The molecule has 9 nitrogen and oxygen atoms in total. The van der Waals surface area contributed by atoms with Gasteiger partial charge < -0.3 is 5.11 Å². The van der Waals surface area contributed by atoms with E-state index in [0.717, 1.165) is 6.42 Å². The highest BCUT2D eigenvalue weighted by Gasteiger charge is 2.68. The number of imide groups is 1. The molecule has 2 fully saturated rings. The molecular formula is C26H34N4O5. The molecule has 2 amide bonds. The van der Waals surface area contributed by atoms with Gasteiger partial charge in [-0.25, -0.2) is 4.68 Å². The van der Waals surface area contributed by atoms with Gasteiger partial charge in [0.05, 0.1) is 29.1 Å². The van der Waals surface area contributed by atoms with Gasteiger partial charge in [-0.1, -0.05) is 45.4 Å². The number of likely N-dealkylation sites (tertiary alicyclic amines) is 1. The van der Waals surface area contributed by atoms with Crippen molar-refractivity contribution in [1.29, 1.82) is 0 Å². The minimum absolute atomic E-state index is 0.0524. The maximum absolute atomic E-state index is 13.8. The Morgan fingerprint density at radius 3 is 2.37 bits per heavy atom. The van der Waals surface area contributed by atoms with Crippen molar-refractivity contribution in [1.82, 2.24) is 19.6 Å². The molecule has 2 aliphatic rings. The number of hydrogen-bond donors (Lipinski definition) is 2. The molecule has 4 atom stereocenters. The van der Waals surface area contributed by atoms with Crippen LogP contribution in [0.4, 0.5) is 0 Å². The molecule has 2 aliphatic heterocycles. The van der Waals surface area contributed by atoms with Crippen LogP contribution in [0.3, 0.4) is 0 Å². The molecule has 3 heterocycles. The van der Waals surface area contributed by atoms with Gasteiger partial charge in [0.1, 0.15) is 5.54 Å². The van der Waals surface area contributed by atoms with Gasteiger partial charge in [-0.3, -0.25) is 34.1 Å². The Bertz CT molecular complexity index is 1210. The van der Waals surface area contributed by atoms with Crippen molar-refractivity contribution in [3.63, 3.8) is 0 Å². The third kappa shape index (κ3) is 3.73. The number of aliphatic carboxylic acids is 1. The normalized spacial score (nSPS) is 26.1. The van der Waals surface area contributed by atoms with E-state index in [1.54, 1.807) is 18.7 Å². The van der Waals surface area contributed by atoms with E-state index in [0.29, 0.717) is 23.4 Å². The number of carboxylic acids is 1. The first kappa shape index (κ1) is 24.9. The van der Waals surface area contributed by atoms with Gasteiger partial charge in [0, 0.05) is 19.3 Å². The quantitative estimate of drug-likeness (QED) is 0.559. The molecule has 0 spiro atoms. The van der Waals surface area contributed by atoms with Crippen LogP contribution in [0.2, 0.25) is 0 Å². The van der Waals surface area contributed by atoms with E-state index in [9.17, 15) is 24.3 Å². The molecule has 4 unspecified atom stereocenters. The number of fused-ring (bicyclic) bond motifs is 1. The number of hydrogen-bond acceptors (Lipinski definition) is 5. The Hall–Kier alpha value is -3.20. The molecule has 0 radical (unpaired) electrons. The summed E-state index contributed by atoms with van der Waals surface area (Å²) in [5.41, 5.74) is -0.354. The topological polar surface area (TPSA) is 114 Å². The number of aromatic nitrogens is 2. The van der Waals surface area contributed by atoms with Gasteiger partial charge in [0.25, 0.3) is 5.56 Å². The molecule has 4 rings (SSSR count). The molecule has 0 aliphatic carbocycles. The van der Waals surface area contributed by atoms with E-state index >= 15 is 0 Å². The summed E-state index contributed by atoms with van der Waals surface area (Å²) in [6.07, 6.45) is 1.60. The predicted molar refractivity (Wildman–Crippen MR) is 130 cm³/mol. The number of unbranched alkanes of at least 4 members (excludes halogenated alkanes) is 1. The van der Waals surface area contributed by atoms with Gasteiger partial charge in [-0.15, -0.1) is 0 Å². The molecule has 0 saturated carbocycles. The lowest BCUT2D eigenvalue weighted by Crippen LogP contribution is -2.56. The highest BCUT2D eigenvalue weighted by atomic mass is 16.4. The van der Waals surface area contributed by atoms with Gasteiger partial charge in [0.2, 0.25) is 11.8 Å². The van der Waals surface area contributed by atoms with Crippen LogP contribution in [0.15, 0.2) is 35.1 Å². The lowest BCUT2D eigenvalue weighted by molar-refractivity contribution is -0.152. The fourth-order valence-corrected chi connectivity index (χ4v) is 5.91. The average Bonchev–Trinajstić information content (AvgIpc) is 3.35. The summed E-state index contributed by atoms with van der Waals surface area (Å²) in [6, 6.07) is 8.25. The van der Waals surface area contributed by atoms with Crippen molar-refractivity contribution in [2.24, 2.45) is 24.8 Å². The average molecular weight is 483 g/mol. The lowest BCUT2D eigenvalue weighted by Gasteiger charge is -2.32. The summed E-state index contributed by atoms with van der Waals surface area (Å²) in [5.74, 6) is -4.09. The molecule has 0 bridgehead atoms. The van der Waals surface area contributed by atoms with Crippen LogP contribution < -0.4 is 10.9 Å². The third-order valence-corrected chi connectivity index (χ3v) is 7.50. The standard InChI is InChI=1S/C26H34N4O5/c1-6-7-13-29-22(31)19-20(24(29)33)26(25(34)35,14-15(2)3)27-21(19)18-16(4)28(5)30(23(18)32)17-11-9-8-10-12-17/h8-12,15,19-21,27H,6-7,13-14H2,1-5H3,(H,34,35). The second-order valence-corrected chi connectivity index (χ2v) is 10.2. The SMILES string of the molecule is CCCCN1C(=O)C2C(c3c(C)n(C)n(-c4ccccc4)c3=O)NC(CC(C)C)(C(=O)O)C2C1=O. The van der Waals surface area contributed by atoms with E-state index < -0.39 is 41.2 Å². The second kappa shape index (κ2) is 9.11. The first-order valence-corrected chi connectivity index (χ1v) is 12.3. The van der Waals surface area contributed by atoms with Crippen LogP contribution in [0.25, 0.3) is 5.69 Å². The Labute approximate surface area is 204 Å². The van der Waals surface area contributed by atoms with Crippen molar-refractivity contribution in [2.45, 2.75) is 58.5 Å². The van der Waals surface area contributed by atoms with E-state index in [4.69, 9.17) is 0 Å². The largest absolute Gasteiger partial charge is 0.480 e. The van der Waals surface area contributed by atoms with Crippen molar-refractivity contribution in [3.05, 3.63) is 51.9 Å². The molecule has 2 aromatic rings. The second-order valence-electron chi connectivity index (χ2n) is 10.2. The fraction of sp³-hybridized carbons (Fsp3) is 0.538. The molecule has 1 aromatic heterocycles. The zero-order chi connectivity index (χ0) is 25.7. The summed E-state index contributed by atoms with van der Waals surface area (Å²) in [7, 11) is 1.76. The number of carbonyl (C=O) groups is 3. The van der Waals surface area contributed by atoms with Crippen LogP contribution in [0.1, 0.15) is 57.3 Å². The molecule has 2 saturated heterocycles. The van der Waals surface area contributed by atoms with Crippen LogP contribution >= 0.6 is 0 Å². The first-order chi connectivity index (χ1) is 16.6. The lowest BCUT2D eigenvalue weighted by atomic mass is 9.75. The van der Waals surface area contributed by atoms with Crippen LogP contribution in [0.5, 0.6) is 0 Å². The van der Waals surface area contributed by atoms with Crippen molar-refractivity contribution >= 4 is 17.8 Å². The van der Waals surface area contributed by atoms with Crippen molar-refractivity contribution in [2.75, 3.05) is 6.54 Å². The van der Waals surface area contributed by atoms with Gasteiger partial charge in [-0.2, -0.15) is 0 Å². The number of para-hydroxylation sites is 1. The number of nitrogens with zero attached hydrogens (tertiary/aromatic N) is 3. The van der Waals surface area contributed by atoms with Crippen LogP contribution in [0, 0.1) is 24.7 Å². The summed E-state index contributed by atoms with van der Waals surface area (Å²) in [5, 5.41) is 13.6. The maximum atomic E-state index is 13.8. The van der Waals surface area contributed by atoms with Gasteiger partial charge >= 0.3 is 5.97 Å². The summed E-state index contributed by atoms with van der Waals surface area (Å²) >= 11 is 0. The van der Waals surface area contributed by atoms with Crippen LogP contribution in [-0.4, -0.2) is 49.2 Å². The summed E-state index contributed by atoms with van der Waals surface area (Å²) in [4.78, 5) is 55.0. The van der Waals surface area contributed by atoms with E-state index in [1.807, 2.05) is 51.1 Å². The highest BCUT2D eigenvalue weighted by Crippen LogP contribution is 2.51.